The second-order valence-corrected chi connectivity index (χ2v) is 7.47. The normalized spacial score (nSPS) is 15.9. The van der Waals surface area contributed by atoms with Crippen molar-refractivity contribution in [2.24, 2.45) is 16.1 Å². The van der Waals surface area contributed by atoms with E-state index >= 15 is 0 Å². The molecule has 1 heterocycles. The summed E-state index contributed by atoms with van der Waals surface area (Å²) in [5, 5.41) is 0.768. The van der Waals surface area contributed by atoms with Crippen LogP contribution in [0.15, 0.2) is 29.3 Å². The zero-order valence-electron chi connectivity index (χ0n) is 15.4. The molecule has 0 saturated carbocycles. The van der Waals surface area contributed by atoms with Crippen LogP contribution in [0, 0.1) is 5.41 Å². The summed E-state index contributed by atoms with van der Waals surface area (Å²) < 4.78 is 5.16. The van der Waals surface area contributed by atoms with E-state index in [1.807, 2.05) is 12.1 Å². The standard InChI is InChI=1S/C18H29ClN4O.HI/c1-18(2,8-13-24-3)14-21-17(20)23-11-9-22(10-12-23)16-6-4-15(19)5-7-16;/h4-7H,8-14H2,1-3H3,(H2,20,21);1H. The highest BCUT2D eigenvalue weighted by Gasteiger charge is 2.21. The van der Waals surface area contributed by atoms with Crippen LogP contribution in [0.5, 0.6) is 0 Å². The van der Waals surface area contributed by atoms with E-state index in [0.717, 1.165) is 50.8 Å². The molecule has 0 atom stereocenters. The number of aliphatic imine (C=N–C) groups is 1. The number of hydrogen-bond acceptors (Lipinski definition) is 3. The molecule has 1 aromatic rings. The lowest BCUT2D eigenvalue weighted by atomic mass is 9.90. The Morgan fingerprint density at radius 3 is 2.36 bits per heavy atom. The maximum atomic E-state index is 6.20. The second-order valence-electron chi connectivity index (χ2n) is 7.03. The van der Waals surface area contributed by atoms with E-state index in [0.29, 0.717) is 5.96 Å². The number of nitrogens with two attached hydrogens (primary N) is 1. The van der Waals surface area contributed by atoms with Crippen LogP contribution in [0.4, 0.5) is 5.69 Å². The number of benzene rings is 1. The predicted molar refractivity (Wildman–Crippen MR) is 117 cm³/mol. The number of methoxy groups -OCH3 is 1. The fourth-order valence-corrected chi connectivity index (χ4v) is 2.82. The molecule has 0 spiro atoms. The molecule has 0 aliphatic carbocycles. The van der Waals surface area contributed by atoms with Crippen LogP contribution in [0.3, 0.4) is 0 Å². The number of halogens is 2. The largest absolute Gasteiger partial charge is 0.385 e. The first-order chi connectivity index (χ1) is 11.4. The van der Waals surface area contributed by atoms with Crippen molar-refractivity contribution in [2.45, 2.75) is 20.3 Å². The van der Waals surface area contributed by atoms with Crippen molar-refractivity contribution in [3.8, 4) is 0 Å². The molecule has 1 aliphatic heterocycles. The van der Waals surface area contributed by atoms with Gasteiger partial charge in [0, 0.05) is 57.2 Å². The van der Waals surface area contributed by atoms with E-state index in [2.05, 4.69) is 40.8 Å². The van der Waals surface area contributed by atoms with E-state index in [1.54, 1.807) is 7.11 Å². The Kier molecular flexibility index (Phi) is 9.30. The Labute approximate surface area is 173 Å². The van der Waals surface area contributed by atoms with Crippen LogP contribution in [-0.2, 0) is 4.74 Å². The van der Waals surface area contributed by atoms with Gasteiger partial charge in [0.15, 0.2) is 5.96 Å². The molecule has 0 aromatic heterocycles. The fourth-order valence-electron chi connectivity index (χ4n) is 2.70. The van der Waals surface area contributed by atoms with E-state index in [-0.39, 0.29) is 29.4 Å². The molecule has 0 amide bonds. The van der Waals surface area contributed by atoms with Gasteiger partial charge in [-0.3, -0.25) is 4.99 Å². The first-order valence-electron chi connectivity index (χ1n) is 8.46. The van der Waals surface area contributed by atoms with Gasteiger partial charge < -0.3 is 20.3 Å². The number of piperazine rings is 1. The quantitative estimate of drug-likeness (QED) is 0.385. The second kappa shape index (κ2) is 10.4. The lowest BCUT2D eigenvalue weighted by Crippen LogP contribution is -2.51. The molecule has 1 saturated heterocycles. The van der Waals surface area contributed by atoms with Crippen molar-refractivity contribution >= 4 is 47.2 Å². The Balaban J connectivity index is 0.00000312. The zero-order valence-corrected chi connectivity index (χ0v) is 18.5. The number of hydrogen-bond donors (Lipinski definition) is 1. The molecule has 0 bridgehead atoms. The lowest BCUT2D eigenvalue weighted by molar-refractivity contribution is 0.155. The van der Waals surface area contributed by atoms with Gasteiger partial charge in [-0.2, -0.15) is 0 Å². The van der Waals surface area contributed by atoms with Crippen LogP contribution in [0.2, 0.25) is 5.02 Å². The first-order valence-corrected chi connectivity index (χ1v) is 8.83. The van der Waals surface area contributed by atoms with Gasteiger partial charge in [0.2, 0.25) is 0 Å². The van der Waals surface area contributed by atoms with Crippen LogP contribution >= 0.6 is 35.6 Å². The summed E-state index contributed by atoms with van der Waals surface area (Å²) in [5.74, 6) is 0.649. The molecule has 1 aromatic carbocycles. The highest BCUT2D eigenvalue weighted by Crippen LogP contribution is 2.21. The maximum absolute atomic E-state index is 6.20. The smallest absolute Gasteiger partial charge is 0.191 e. The van der Waals surface area contributed by atoms with Crippen molar-refractivity contribution in [3.05, 3.63) is 29.3 Å². The van der Waals surface area contributed by atoms with Crippen LogP contribution in [-0.4, -0.2) is 57.3 Å². The summed E-state index contributed by atoms with van der Waals surface area (Å²) in [4.78, 5) is 9.13. The van der Waals surface area contributed by atoms with E-state index in [4.69, 9.17) is 22.1 Å². The minimum Gasteiger partial charge on any atom is -0.385 e. The number of guanidine groups is 1. The number of ether oxygens (including phenoxy) is 1. The summed E-state index contributed by atoms with van der Waals surface area (Å²) in [5.41, 5.74) is 7.50. The Morgan fingerprint density at radius 1 is 1.20 bits per heavy atom. The minimum absolute atomic E-state index is 0. The van der Waals surface area contributed by atoms with Gasteiger partial charge in [-0.15, -0.1) is 24.0 Å². The first kappa shape index (κ1) is 22.3. The van der Waals surface area contributed by atoms with Crippen molar-refractivity contribution in [2.75, 3.05) is 51.3 Å². The molecule has 2 N–H and O–H groups in total. The van der Waals surface area contributed by atoms with Crippen molar-refractivity contribution < 1.29 is 4.74 Å². The summed E-state index contributed by atoms with van der Waals surface area (Å²) in [6.07, 6.45) is 0.977. The summed E-state index contributed by atoms with van der Waals surface area (Å²) >= 11 is 5.95. The SMILES string of the molecule is COCCC(C)(C)CN=C(N)N1CCN(c2ccc(Cl)cc2)CC1.I. The average Bonchev–Trinajstić information content (AvgIpc) is 2.59. The van der Waals surface area contributed by atoms with Crippen molar-refractivity contribution in [1.29, 1.82) is 0 Å². The highest BCUT2D eigenvalue weighted by atomic mass is 127. The molecule has 25 heavy (non-hydrogen) atoms. The highest BCUT2D eigenvalue weighted by molar-refractivity contribution is 14.0. The Hall–Kier alpha value is -0.730. The van der Waals surface area contributed by atoms with E-state index in [9.17, 15) is 0 Å². The van der Waals surface area contributed by atoms with Crippen molar-refractivity contribution in [3.63, 3.8) is 0 Å². The molecule has 142 valence electrons. The van der Waals surface area contributed by atoms with Gasteiger partial charge in [0.25, 0.3) is 0 Å². The topological polar surface area (TPSA) is 54.1 Å². The van der Waals surface area contributed by atoms with E-state index < -0.39 is 0 Å². The molecule has 7 heteroatoms. The number of rotatable bonds is 6. The zero-order chi connectivity index (χ0) is 17.6. The van der Waals surface area contributed by atoms with Gasteiger partial charge in [-0.1, -0.05) is 25.4 Å². The van der Waals surface area contributed by atoms with Gasteiger partial charge in [0.1, 0.15) is 0 Å². The Morgan fingerprint density at radius 2 is 1.80 bits per heavy atom. The molecule has 0 unspecified atom stereocenters. The molecule has 5 nitrogen and oxygen atoms in total. The molecule has 2 rings (SSSR count). The summed E-state index contributed by atoms with van der Waals surface area (Å²) in [7, 11) is 1.73. The fraction of sp³-hybridized carbons (Fsp3) is 0.611. The lowest BCUT2D eigenvalue weighted by Gasteiger charge is -2.37. The van der Waals surface area contributed by atoms with Gasteiger partial charge in [-0.05, 0) is 36.1 Å². The monoisotopic (exact) mass is 480 g/mol. The van der Waals surface area contributed by atoms with Crippen LogP contribution < -0.4 is 10.6 Å². The summed E-state index contributed by atoms with van der Waals surface area (Å²) in [6, 6.07) is 7.99. The maximum Gasteiger partial charge on any atom is 0.191 e. The van der Waals surface area contributed by atoms with E-state index in [1.165, 1.54) is 5.69 Å². The molecule has 1 fully saturated rings. The van der Waals surface area contributed by atoms with Crippen LogP contribution in [0.1, 0.15) is 20.3 Å². The third-order valence-corrected chi connectivity index (χ3v) is 4.70. The third kappa shape index (κ3) is 7.19. The minimum atomic E-state index is 0. The summed E-state index contributed by atoms with van der Waals surface area (Å²) in [6.45, 7) is 9.51. The van der Waals surface area contributed by atoms with Crippen molar-refractivity contribution in [1.82, 2.24) is 4.90 Å². The Bertz CT molecular complexity index is 543. The van der Waals surface area contributed by atoms with Gasteiger partial charge in [0.05, 0.1) is 0 Å². The predicted octanol–water partition coefficient (Wildman–Crippen LogP) is 3.46. The van der Waals surface area contributed by atoms with Gasteiger partial charge >= 0.3 is 0 Å². The molecule has 1 aliphatic rings. The molecule has 0 radical (unpaired) electrons. The third-order valence-electron chi connectivity index (χ3n) is 4.45. The molecular formula is C18H30ClIN4O. The molecular weight excluding hydrogens is 451 g/mol. The number of nitrogens with zero attached hydrogens (tertiary/aromatic N) is 3. The number of anilines is 1. The average molecular weight is 481 g/mol. The van der Waals surface area contributed by atoms with Gasteiger partial charge in [-0.25, -0.2) is 0 Å². The van der Waals surface area contributed by atoms with Crippen LogP contribution in [0.25, 0.3) is 0 Å².